The standard InChI is InChI=1S/C20H19N5O2/c1-27-19(26)12-25(18-11-23-16-9-5-3-7-14(16)18)20(21)24-17-10-22-15-8-4-2-6-13(15)17/h2-11,22-23H,12H2,1H3,(H2,21,24). The summed E-state index contributed by atoms with van der Waals surface area (Å²) in [5.74, 6) is -0.202. The lowest BCUT2D eigenvalue weighted by Crippen LogP contribution is -2.41. The fraction of sp³-hybridized carbons (Fsp3) is 0.100. The van der Waals surface area contributed by atoms with E-state index >= 15 is 0 Å². The number of ether oxygens (including phenoxy) is 1. The van der Waals surface area contributed by atoms with Gasteiger partial charge in [0.2, 0.25) is 5.96 Å². The molecule has 27 heavy (non-hydrogen) atoms. The van der Waals surface area contributed by atoms with Crippen LogP contribution in [0.1, 0.15) is 0 Å². The Balaban J connectivity index is 1.79. The Hall–Kier alpha value is -3.74. The lowest BCUT2D eigenvalue weighted by Gasteiger charge is -2.21. The highest BCUT2D eigenvalue weighted by Crippen LogP contribution is 2.29. The molecule has 0 fully saturated rings. The summed E-state index contributed by atoms with van der Waals surface area (Å²) in [6, 6.07) is 15.6. The molecule has 4 N–H and O–H groups in total. The molecule has 0 saturated heterocycles. The van der Waals surface area contributed by atoms with Crippen molar-refractivity contribution in [3.05, 3.63) is 60.9 Å². The molecule has 7 nitrogen and oxygen atoms in total. The van der Waals surface area contributed by atoms with Crippen molar-refractivity contribution < 1.29 is 9.53 Å². The van der Waals surface area contributed by atoms with Crippen LogP contribution in [0, 0.1) is 0 Å². The fourth-order valence-electron chi connectivity index (χ4n) is 3.10. The molecular formula is C20H19N5O2. The number of esters is 1. The Morgan fingerprint density at radius 2 is 1.67 bits per heavy atom. The van der Waals surface area contributed by atoms with E-state index in [-0.39, 0.29) is 12.5 Å². The first-order chi connectivity index (χ1) is 13.2. The topological polar surface area (TPSA) is 99.5 Å². The van der Waals surface area contributed by atoms with Gasteiger partial charge in [0, 0.05) is 34.2 Å². The number of methoxy groups -OCH3 is 1. The number of hydrogen-bond donors (Lipinski definition) is 3. The highest BCUT2D eigenvalue weighted by Gasteiger charge is 2.19. The van der Waals surface area contributed by atoms with Gasteiger partial charge in [-0.3, -0.25) is 9.69 Å². The predicted molar refractivity (Wildman–Crippen MR) is 107 cm³/mol. The number of aliphatic imine (C=N–C) groups is 1. The van der Waals surface area contributed by atoms with Crippen LogP contribution in [-0.2, 0) is 9.53 Å². The monoisotopic (exact) mass is 361 g/mol. The number of benzene rings is 2. The zero-order valence-electron chi connectivity index (χ0n) is 14.8. The molecule has 0 aliphatic heterocycles. The molecule has 0 aliphatic carbocycles. The molecule has 0 saturated carbocycles. The molecular weight excluding hydrogens is 342 g/mol. The zero-order valence-corrected chi connectivity index (χ0v) is 14.8. The maximum absolute atomic E-state index is 12.0. The van der Waals surface area contributed by atoms with Crippen LogP contribution in [-0.4, -0.2) is 35.6 Å². The minimum atomic E-state index is -0.405. The summed E-state index contributed by atoms with van der Waals surface area (Å²) in [6.45, 7) is -0.0456. The molecule has 0 atom stereocenters. The van der Waals surface area contributed by atoms with E-state index in [1.54, 1.807) is 11.1 Å². The molecule has 7 heteroatoms. The Bertz CT molecular complexity index is 1140. The van der Waals surface area contributed by atoms with Gasteiger partial charge in [-0.05, 0) is 12.1 Å². The lowest BCUT2D eigenvalue weighted by molar-refractivity contribution is -0.138. The van der Waals surface area contributed by atoms with E-state index in [4.69, 9.17) is 10.5 Å². The van der Waals surface area contributed by atoms with Gasteiger partial charge in [0.1, 0.15) is 6.54 Å². The van der Waals surface area contributed by atoms with Crippen LogP contribution in [0.4, 0.5) is 11.4 Å². The van der Waals surface area contributed by atoms with Gasteiger partial charge in [-0.1, -0.05) is 36.4 Å². The van der Waals surface area contributed by atoms with E-state index in [0.29, 0.717) is 5.69 Å². The molecule has 0 amide bonds. The summed E-state index contributed by atoms with van der Waals surface area (Å²) in [5.41, 5.74) is 9.71. The first-order valence-electron chi connectivity index (χ1n) is 8.48. The van der Waals surface area contributed by atoms with Gasteiger partial charge in [-0.2, -0.15) is 0 Å². The second kappa shape index (κ2) is 6.87. The van der Waals surface area contributed by atoms with Crippen LogP contribution in [0.2, 0.25) is 0 Å². The van der Waals surface area contributed by atoms with E-state index in [1.807, 2.05) is 54.7 Å². The molecule has 0 unspecified atom stereocenters. The van der Waals surface area contributed by atoms with E-state index in [1.165, 1.54) is 7.11 Å². The second-order valence-corrected chi connectivity index (χ2v) is 6.07. The number of rotatable bonds is 4. The van der Waals surface area contributed by atoms with Crippen LogP contribution < -0.4 is 10.6 Å². The van der Waals surface area contributed by atoms with Gasteiger partial charge in [-0.15, -0.1) is 0 Å². The van der Waals surface area contributed by atoms with Gasteiger partial charge in [0.15, 0.2) is 0 Å². The van der Waals surface area contributed by atoms with Crippen LogP contribution in [0.15, 0.2) is 65.9 Å². The van der Waals surface area contributed by atoms with E-state index in [0.717, 1.165) is 27.5 Å². The molecule has 0 aliphatic rings. The number of hydrogen-bond acceptors (Lipinski definition) is 3. The van der Waals surface area contributed by atoms with Crippen LogP contribution in [0.5, 0.6) is 0 Å². The minimum Gasteiger partial charge on any atom is -0.468 e. The van der Waals surface area contributed by atoms with Crippen LogP contribution in [0.25, 0.3) is 21.8 Å². The number of H-pyrrole nitrogens is 2. The van der Waals surface area contributed by atoms with E-state index in [2.05, 4.69) is 15.0 Å². The van der Waals surface area contributed by atoms with Crippen molar-refractivity contribution in [3.63, 3.8) is 0 Å². The van der Waals surface area contributed by atoms with Gasteiger partial charge >= 0.3 is 5.97 Å². The molecule has 0 bridgehead atoms. The minimum absolute atomic E-state index is 0.0456. The normalized spacial score (nSPS) is 11.8. The average Bonchev–Trinajstić information content (AvgIpc) is 3.30. The SMILES string of the molecule is COC(=O)CN(C(N)=Nc1c[nH]c2ccccc12)c1c[nH]c2ccccc12. The molecule has 2 heterocycles. The summed E-state index contributed by atoms with van der Waals surface area (Å²) in [6.07, 6.45) is 3.61. The molecule has 2 aromatic heterocycles. The van der Waals surface area contributed by atoms with Crippen molar-refractivity contribution >= 4 is 45.1 Å². The second-order valence-electron chi connectivity index (χ2n) is 6.07. The van der Waals surface area contributed by atoms with E-state index < -0.39 is 5.97 Å². The van der Waals surface area contributed by atoms with Crippen LogP contribution in [0.3, 0.4) is 0 Å². The van der Waals surface area contributed by atoms with Crippen molar-refractivity contribution in [2.45, 2.75) is 0 Å². The molecule has 0 spiro atoms. The molecule has 4 rings (SSSR count). The highest BCUT2D eigenvalue weighted by molar-refractivity contribution is 6.08. The number of carbonyl (C=O) groups is 1. The van der Waals surface area contributed by atoms with Gasteiger partial charge in [-0.25, -0.2) is 4.99 Å². The van der Waals surface area contributed by atoms with Crippen molar-refractivity contribution in [2.75, 3.05) is 18.6 Å². The molecule has 136 valence electrons. The number of aromatic nitrogens is 2. The summed E-state index contributed by atoms with van der Waals surface area (Å²) >= 11 is 0. The number of nitrogens with one attached hydrogen (secondary N) is 2. The fourth-order valence-corrected chi connectivity index (χ4v) is 3.10. The maximum atomic E-state index is 12.0. The number of anilines is 1. The Morgan fingerprint density at radius 1 is 1.04 bits per heavy atom. The van der Waals surface area contributed by atoms with Crippen molar-refractivity contribution in [1.29, 1.82) is 0 Å². The first kappa shape index (κ1) is 16.7. The number of nitrogens with two attached hydrogens (primary N) is 1. The number of fused-ring (bicyclic) bond motifs is 2. The Kier molecular flexibility index (Phi) is 4.25. The third-order valence-corrected chi connectivity index (χ3v) is 4.45. The van der Waals surface area contributed by atoms with Crippen molar-refractivity contribution in [1.82, 2.24) is 9.97 Å². The maximum Gasteiger partial charge on any atom is 0.325 e. The first-order valence-corrected chi connectivity index (χ1v) is 8.48. The summed E-state index contributed by atoms with van der Waals surface area (Å²) < 4.78 is 4.84. The lowest BCUT2D eigenvalue weighted by atomic mass is 10.2. The number of para-hydroxylation sites is 2. The largest absolute Gasteiger partial charge is 0.468 e. The highest BCUT2D eigenvalue weighted by atomic mass is 16.5. The third kappa shape index (κ3) is 3.10. The quantitative estimate of drug-likeness (QED) is 0.295. The average molecular weight is 361 g/mol. The Morgan fingerprint density at radius 3 is 2.41 bits per heavy atom. The van der Waals surface area contributed by atoms with Gasteiger partial charge in [0.05, 0.1) is 18.5 Å². The smallest absolute Gasteiger partial charge is 0.325 e. The summed E-state index contributed by atoms with van der Waals surface area (Å²) in [7, 11) is 1.35. The Labute approximate surface area is 155 Å². The van der Waals surface area contributed by atoms with Crippen molar-refractivity contribution in [2.24, 2.45) is 10.7 Å². The van der Waals surface area contributed by atoms with Crippen LogP contribution >= 0.6 is 0 Å². The third-order valence-electron chi connectivity index (χ3n) is 4.45. The predicted octanol–water partition coefficient (Wildman–Crippen LogP) is 3.28. The van der Waals surface area contributed by atoms with E-state index in [9.17, 15) is 4.79 Å². The number of guanidine groups is 1. The molecule has 0 radical (unpaired) electrons. The zero-order chi connectivity index (χ0) is 18.8. The molecule has 4 aromatic rings. The number of carbonyl (C=O) groups excluding carboxylic acids is 1. The van der Waals surface area contributed by atoms with Gasteiger partial charge in [0.25, 0.3) is 0 Å². The number of aromatic amines is 2. The summed E-state index contributed by atoms with van der Waals surface area (Å²) in [5, 5.41) is 1.90. The number of nitrogens with zero attached hydrogens (tertiary/aromatic N) is 2. The van der Waals surface area contributed by atoms with Crippen molar-refractivity contribution in [3.8, 4) is 0 Å². The van der Waals surface area contributed by atoms with Gasteiger partial charge < -0.3 is 20.4 Å². The molecule has 2 aromatic carbocycles. The summed E-state index contributed by atoms with van der Waals surface area (Å²) in [4.78, 5) is 24.6.